The van der Waals surface area contributed by atoms with E-state index in [2.05, 4.69) is 18.2 Å². The molecule has 0 spiro atoms. The first-order valence-electron chi connectivity index (χ1n) is 11.1. The summed E-state index contributed by atoms with van der Waals surface area (Å²) in [6.45, 7) is 0.810. The molecule has 1 heterocycles. The minimum absolute atomic E-state index is 0.102. The van der Waals surface area contributed by atoms with E-state index in [-0.39, 0.29) is 6.42 Å². The van der Waals surface area contributed by atoms with Gasteiger partial charge in [-0.2, -0.15) is 33.7 Å². The van der Waals surface area contributed by atoms with Crippen molar-refractivity contribution in [1.29, 1.82) is 0 Å². The first kappa shape index (κ1) is 25.3. The van der Waals surface area contributed by atoms with Gasteiger partial charge in [-0.15, -0.1) is 0 Å². The average Bonchev–Trinajstić information content (AvgIpc) is 2.70. The molecule has 0 saturated heterocycles. The average molecular weight is 453 g/mol. The van der Waals surface area contributed by atoms with Crippen LogP contribution in [0.3, 0.4) is 0 Å². The minimum Gasteiger partial charge on any atom is -0.493 e. The highest BCUT2D eigenvalue weighted by atomic mass is 32.2. The molecule has 1 atom stereocenters. The Bertz CT molecular complexity index is 606. The molecule has 30 heavy (non-hydrogen) atoms. The van der Waals surface area contributed by atoms with Gasteiger partial charge in [-0.05, 0) is 54.7 Å². The number of rotatable bonds is 14. The maximum atomic E-state index is 12.8. The molecule has 1 unspecified atom stereocenters. The smallest absolute Gasteiger partial charge is 0.453 e. The van der Waals surface area contributed by atoms with Crippen LogP contribution in [0.25, 0.3) is 0 Å². The highest BCUT2D eigenvalue weighted by molar-refractivity contribution is 7.99. The number of benzene rings is 1. The number of para-hydroxylation sites is 1. The number of ether oxygens (including phenoxy) is 1. The van der Waals surface area contributed by atoms with Crippen molar-refractivity contribution < 1.29 is 26.7 Å². The SMILES string of the molecule is FC(F)(F)C(F)(F)CCCSCCCCCCCCCC1CCOc2ccccc21. The number of hydrogen-bond donors (Lipinski definition) is 0. The lowest BCUT2D eigenvalue weighted by Crippen LogP contribution is -2.36. The standard InChI is InChI=1S/C23H33F5OS/c24-22(25,23(26,27)28)15-10-18-30-17-9-5-3-1-2-4-6-11-19-14-16-29-21-13-8-7-12-20(19)21/h7-8,12-13,19H,1-6,9-11,14-18H2. The van der Waals surface area contributed by atoms with E-state index < -0.39 is 18.5 Å². The zero-order valence-corrected chi connectivity index (χ0v) is 18.3. The molecule has 0 aliphatic carbocycles. The molecule has 0 amide bonds. The predicted octanol–water partition coefficient (Wildman–Crippen LogP) is 8.38. The molecule has 1 aliphatic heterocycles. The Kier molecular flexibility index (Phi) is 10.8. The van der Waals surface area contributed by atoms with Crippen molar-refractivity contribution >= 4 is 11.8 Å². The lowest BCUT2D eigenvalue weighted by Gasteiger charge is -2.25. The van der Waals surface area contributed by atoms with Crippen molar-refractivity contribution in [3.63, 3.8) is 0 Å². The van der Waals surface area contributed by atoms with Crippen molar-refractivity contribution in [2.24, 2.45) is 0 Å². The van der Waals surface area contributed by atoms with E-state index in [1.807, 2.05) is 6.07 Å². The fraction of sp³-hybridized carbons (Fsp3) is 0.739. The van der Waals surface area contributed by atoms with E-state index >= 15 is 0 Å². The summed E-state index contributed by atoms with van der Waals surface area (Å²) in [6, 6.07) is 8.33. The molecule has 7 heteroatoms. The van der Waals surface area contributed by atoms with Gasteiger partial charge in [-0.25, -0.2) is 0 Å². The van der Waals surface area contributed by atoms with Crippen molar-refractivity contribution in [3.05, 3.63) is 29.8 Å². The summed E-state index contributed by atoms with van der Waals surface area (Å²) in [4.78, 5) is 0. The number of alkyl halides is 5. The summed E-state index contributed by atoms with van der Waals surface area (Å²) in [5.41, 5.74) is 1.35. The highest BCUT2D eigenvalue weighted by Crippen LogP contribution is 2.39. The van der Waals surface area contributed by atoms with Crippen LogP contribution >= 0.6 is 11.8 Å². The number of thioether (sulfide) groups is 1. The van der Waals surface area contributed by atoms with E-state index in [4.69, 9.17) is 4.74 Å². The summed E-state index contributed by atoms with van der Waals surface area (Å²) < 4.78 is 67.4. The zero-order chi connectivity index (χ0) is 21.9. The van der Waals surface area contributed by atoms with Gasteiger partial charge in [0.05, 0.1) is 6.61 Å². The van der Waals surface area contributed by atoms with Crippen LogP contribution in [0, 0.1) is 0 Å². The topological polar surface area (TPSA) is 9.23 Å². The van der Waals surface area contributed by atoms with Crippen LogP contribution in [0.5, 0.6) is 5.75 Å². The highest BCUT2D eigenvalue weighted by Gasteiger charge is 2.56. The van der Waals surface area contributed by atoms with Gasteiger partial charge in [0, 0.05) is 6.42 Å². The predicted molar refractivity (Wildman–Crippen MR) is 114 cm³/mol. The Morgan fingerprint density at radius 1 is 0.833 bits per heavy atom. The largest absolute Gasteiger partial charge is 0.493 e. The lowest BCUT2D eigenvalue weighted by atomic mass is 9.88. The Balaban J connectivity index is 1.39. The molecular weight excluding hydrogens is 419 g/mol. The summed E-state index contributed by atoms with van der Waals surface area (Å²) >= 11 is 1.48. The van der Waals surface area contributed by atoms with E-state index in [0.29, 0.717) is 11.7 Å². The van der Waals surface area contributed by atoms with Crippen molar-refractivity contribution in [1.82, 2.24) is 0 Å². The summed E-state index contributed by atoms with van der Waals surface area (Å²) in [5.74, 6) is -1.70. The van der Waals surface area contributed by atoms with Crippen molar-refractivity contribution in [2.45, 2.75) is 88.6 Å². The molecule has 0 fully saturated rings. The molecule has 2 rings (SSSR count). The molecular formula is C23H33F5OS. The number of unbranched alkanes of at least 4 members (excludes halogenated alkanes) is 6. The molecule has 1 aromatic rings. The maximum Gasteiger partial charge on any atom is 0.453 e. The lowest BCUT2D eigenvalue weighted by molar-refractivity contribution is -0.284. The van der Waals surface area contributed by atoms with Crippen LogP contribution in [0.2, 0.25) is 0 Å². The van der Waals surface area contributed by atoms with Gasteiger partial charge in [0.25, 0.3) is 0 Å². The third-order valence-electron chi connectivity index (χ3n) is 5.62. The van der Waals surface area contributed by atoms with Gasteiger partial charge < -0.3 is 4.74 Å². The molecule has 1 nitrogen and oxygen atoms in total. The van der Waals surface area contributed by atoms with Gasteiger partial charge in [0.1, 0.15) is 5.75 Å². The molecule has 172 valence electrons. The first-order valence-corrected chi connectivity index (χ1v) is 12.2. The van der Waals surface area contributed by atoms with Crippen LogP contribution in [0.1, 0.15) is 82.1 Å². The Hall–Kier alpha value is -0.980. The Labute approximate surface area is 181 Å². The van der Waals surface area contributed by atoms with Gasteiger partial charge in [0.2, 0.25) is 0 Å². The fourth-order valence-electron chi connectivity index (χ4n) is 3.83. The zero-order valence-electron chi connectivity index (χ0n) is 17.5. The first-order chi connectivity index (χ1) is 14.3. The number of hydrogen-bond acceptors (Lipinski definition) is 2. The summed E-state index contributed by atoms with van der Waals surface area (Å²) in [6.07, 6.45) is 3.83. The third kappa shape index (κ3) is 8.64. The van der Waals surface area contributed by atoms with E-state index in [1.54, 1.807) is 0 Å². The Morgan fingerprint density at radius 2 is 1.47 bits per heavy atom. The second-order valence-electron chi connectivity index (χ2n) is 8.05. The minimum atomic E-state index is -5.42. The second kappa shape index (κ2) is 12.8. The molecule has 1 aliphatic rings. The molecule has 0 aromatic heterocycles. The number of fused-ring (bicyclic) bond motifs is 1. The monoisotopic (exact) mass is 452 g/mol. The fourth-order valence-corrected chi connectivity index (χ4v) is 4.80. The summed E-state index contributed by atoms with van der Waals surface area (Å²) in [7, 11) is 0. The molecule has 0 saturated carbocycles. The molecule has 0 radical (unpaired) electrons. The third-order valence-corrected chi connectivity index (χ3v) is 6.77. The van der Waals surface area contributed by atoms with Gasteiger partial charge in [0.15, 0.2) is 0 Å². The normalized spacial score (nSPS) is 16.9. The van der Waals surface area contributed by atoms with Gasteiger partial charge >= 0.3 is 12.1 Å². The van der Waals surface area contributed by atoms with Gasteiger partial charge in [-0.1, -0.05) is 56.7 Å². The van der Waals surface area contributed by atoms with E-state index in [1.165, 1.54) is 49.4 Å². The second-order valence-corrected chi connectivity index (χ2v) is 9.28. The molecule has 1 aromatic carbocycles. The summed E-state index contributed by atoms with van der Waals surface area (Å²) in [5, 5.41) is 0. The quantitative estimate of drug-likeness (QED) is 0.207. The molecule has 0 bridgehead atoms. The van der Waals surface area contributed by atoms with E-state index in [0.717, 1.165) is 43.8 Å². The maximum absolute atomic E-state index is 12.8. The van der Waals surface area contributed by atoms with Gasteiger partial charge in [-0.3, -0.25) is 0 Å². The van der Waals surface area contributed by atoms with E-state index in [9.17, 15) is 22.0 Å². The van der Waals surface area contributed by atoms with Crippen LogP contribution in [-0.4, -0.2) is 30.2 Å². The van der Waals surface area contributed by atoms with Crippen LogP contribution in [-0.2, 0) is 0 Å². The van der Waals surface area contributed by atoms with Crippen molar-refractivity contribution in [2.75, 3.05) is 18.1 Å². The van der Waals surface area contributed by atoms with Crippen LogP contribution in [0.15, 0.2) is 24.3 Å². The van der Waals surface area contributed by atoms with Crippen LogP contribution < -0.4 is 4.74 Å². The van der Waals surface area contributed by atoms with Crippen molar-refractivity contribution in [3.8, 4) is 5.75 Å². The Morgan fingerprint density at radius 3 is 2.20 bits per heavy atom. The van der Waals surface area contributed by atoms with Crippen LogP contribution in [0.4, 0.5) is 22.0 Å². The molecule has 0 N–H and O–H groups in total. The number of halogens is 5.